The Hall–Kier alpha value is -0.910. The molecule has 0 aliphatic heterocycles. The van der Waals surface area contributed by atoms with Crippen LogP contribution in [0.15, 0.2) is 16.6 Å². The van der Waals surface area contributed by atoms with Gasteiger partial charge in [-0.05, 0) is 28.1 Å². The zero-order valence-electron chi connectivity index (χ0n) is 6.19. The Morgan fingerprint density at radius 3 is 2.23 bits per heavy atom. The fourth-order valence-corrected chi connectivity index (χ4v) is 1.21. The maximum absolute atomic E-state index is 12.2. The quantitative estimate of drug-likeness (QED) is 0.701. The van der Waals surface area contributed by atoms with E-state index in [2.05, 4.69) is 15.9 Å². The molecule has 0 aliphatic rings. The first kappa shape index (κ1) is 10.2. The van der Waals surface area contributed by atoms with E-state index in [1.807, 2.05) is 0 Å². The van der Waals surface area contributed by atoms with Crippen molar-refractivity contribution in [3.8, 4) is 5.75 Å². The van der Waals surface area contributed by atoms with Crippen molar-refractivity contribution in [2.45, 2.75) is 6.18 Å². The van der Waals surface area contributed by atoms with Crippen molar-refractivity contribution in [1.29, 1.82) is 0 Å². The van der Waals surface area contributed by atoms with Crippen molar-refractivity contribution >= 4 is 21.6 Å². The number of rotatable bonds is 0. The van der Waals surface area contributed by atoms with Crippen LogP contribution in [0.5, 0.6) is 5.75 Å². The monoisotopic (exact) mass is 255 g/mol. The van der Waals surface area contributed by atoms with E-state index in [1.165, 1.54) is 6.07 Å². The number of nitrogen functional groups attached to an aromatic ring is 1. The third-order valence-electron chi connectivity index (χ3n) is 1.45. The molecule has 0 aliphatic carbocycles. The van der Waals surface area contributed by atoms with Crippen molar-refractivity contribution in [2.24, 2.45) is 0 Å². The van der Waals surface area contributed by atoms with E-state index >= 15 is 0 Å². The maximum atomic E-state index is 12.2. The highest BCUT2D eigenvalue weighted by atomic mass is 79.9. The average Bonchev–Trinajstić information content (AvgIpc) is 1.95. The second kappa shape index (κ2) is 3.10. The number of hydrogen-bond donors (Lipinski definition) is 2. The van der Waals surface area contributed by atoms with Gasteiger partial charge in [0.05, 0.1) is 5.69 Å². The van der Waals surface area contributed by atoms with Gasteiger partial charge in [-0.25, -0.2) is 0 Å². The number of hydrogen-bond acceptors (Lipinski definition) is 2. The standard InChI is InChI=1S/C7H5BrF3NO/c8-3-1-2-4(13)5(6(3)12)7(9,10)11/h1-2,13H,12H2. The number of phenols is 1. The minimum atomic E-state index is -4.64. The molecule has 0 unspecified atom stereocenters. The number of nitrogens with two attached hydrogens (primary N) is 1. The molecule has 13 heavy (non-hydrogen) atoms. The number of alkyl halides is 3. The molecule has 0 spiro atoms. The normalized spacial score (nSPS) is 11.7. The van der Waals surface area contributed by atoms with E-state index in [0.29, 0.717) is 0 Å². The van der Waals surface area contributed by atoms with E-state index in [9.17, 15) is 13.2 Å². The Morgan fingerprint density at radius 1 is 1.31 bits per heavy atom. The molecule has 1 aromatic carbocycles. The molecule has 0 fully saturated rings. The van der Waals surface area contributed by atoms with Crippen molar-refractivity contribution in [3.63, 3.8) is 0 Å². The topological polar surface area (TPSA) is 46.2 Å². The summed E-state index contributed by atoms with van der Waals surface area (Å²) in [4.78, 5) is 0. The van der Waals surface area contributed by atoms with Gasteiger partial charge in [0.2, 0.25) is 0 Å². The molecule has 3 N–H and O–H groups in total. The van der Waals surface area contributed by atoms with Gasteiger partial charge < -0.3 is 10.8 Å². The summed E-state index contributed by atoms with van der Waals surface area (Å²) in [5.41, 5.74) is 3.43. The molecule has 0 bridgehead atoms. The maximum Gasteiger partial charge on any atom is 0.421 e. The summed E-state index contributed by atoms with van der Waals surface area (Å²) in [6.45, 7) is 0. The van der Waals surface area contributed by atoms with E-state index in [-0.39, 0.29) is 4.47 Å². The lowest BCUT2D eigenvalue weighted by atomic mass is 10.1. The van der Waals surface area contributed by atoms with Crippen LogP contribution >= 0.6 is 15.9 Å². The van der Waals surface area contributed by atoms with Crippen molar-refractivity contribution < 1.29 is 18.3 Å². The Morgan fingerprint density at radius 2 is 1.85 bits per heavy atom. The van der Waals surface area contributed by atoms with Crippen LogP contribution in [0, 0.1) is 0 Å². The zero-order valence-corrected chi connectivity index (χ0v) is 7.78. The summed E-state index contributed by atoms with van der Waals surface area (Å²) in [6.07, 6.45) is -4.64. The van der Waals surface area contributed by atoms with Crippen LogP contribution in [0.2, 0.25) is 0 Å². The van der Waals surface area contributed by atoms with Gasteiger partial charge in [0.1, 0.15) is 11.3 Å². The average molecular weight is 256 g/mol. The van der Waals surface area contributed by atoms with Crippen LogP contribution < -0.4 is 5.73 Å². The molecule has 0 amide bonds. The minimum absolute atomic E-state index is 0.109. The molecular formula is C7H5BrF3NO. The molecule has 0 aromatic heterocycles. The summed E-state index contributed by atoms with van der Waals surface area (Å²) >= 11 is 2.84. The molecule has 0 atom stereocenters. The molecule has 1 aromatic rings. The van der Waals surface area contributed by atoms with Crippen LogP contribution in [-0.2, 0) is 6.18 Å². The third-order valence-corrected chi connectivity index (χ3v) is 2.15. The lowest BCUT2D eigenvalue weighted by Gasteiger charge is -2.12. The van der Waals surface area contributed by atoms with Crippen LogP contribution in [-0.4, -0.2) is 5.11 Å². The highest BCUT2D eigenvalue weighted by Crippen LogP contribution is 2.42. The van der Waals surface area contributed by atoms with E-state index in [1.54, 1.807) is 0 Å². The predicted octanol–water partition coefficient (Wildman–Crippen LogP) is 2.76. The van der Waals surface area contributed by atoms with Crippen molar-refractivity contribution in [3.05, 3.63) is 22.2 Å². The molecule has 1 rings (SSSR count). The number of aromatic hydroxyl groups is 1. The van der Waals surface area contributed by atoms with Gasteiger partial charge in [-0.3, -0.25) is 0 Å². The van der Waals surface area contributed by atoms with Gasteiger partial charge in [-0.15, -0.1) is 0 Å². The Balaban J connectivity index is 3.43. The van der Waals surface area contributed by atoms with Crippen LogP contribution in [0.3, 0.4) is 0 Å². The zero-order chi connectivity index (χ0) is 10.2. The van der Waals surface area contributed by atoms with E-state index in [4.69, 9.17) is 10.8 Å². The predicted molar refractivity (Wildman–Crippen MR) is 45.2 cm³/mol. The largest absolute Gasteiger partial charge is 0.507 e. The lowest BCUT2D eigenvalue weighted by molar-refractivity contribution is -0.138. The first-order chi connectivity index (χ1) is 5.84. The van der Waals surface area contributed by atoms with Gasteiger partial charge in [-0.2, -0.15) is 13.2 Å². The highest BCUT2D eigenvalue weighted by molar-refractivity contribution is 9.10. The van der Waals surface area contributed by atoms with Gasteiger partial charge in [0, 0.05) is 4.47 Å². The smallest absolute Gasteiger partial charge is 0.421 e. The van der Waals surface area contributed by atoms with Crippen molar-refractivity contribution in [2.75, 3.05) is 5.73 Å². The summed E-state index contributed by atoms with van der Waals surface area (Å²) in [7, 11) is 0. The first-order valence-corrected chi connectivity index (χ1v) is 3.97. The number of phenolic OH excluding ortho intramolecular Hbond substituents is 1. The minimum Gasteiger partial charge on any atom is -0.507 e. The number of anilines is 1. The van der Waals surface area contributed by atoms with Crippen LogP contribution in [0.4, 0.5) is 18.9 Å². The van der Waals surface area contributed by atoms with Gasteiger partial charge in [0.15, 0.2) is 0 Å². The van der Waals surface area contributed by atoms with Gasteiger partial charge >= 0.3 is 6.18 Å². The van der Waals surface area contributed by atoms with Crippen molar-refractivity contribution in [1.82, 2.24) is 0 Å². The second-order valence-electron chi connectivity index (χ2n) is 2.35. The first-order valence-electron chi connectivity index (χ1n) is 3.18. The molecule has 6 heteroatoms. The Labute approximate surface area is 80.3 Å². The summed E-state index contributed by atoms with van der Waals surface area (Å²) in [5, 5.41) is 8.93. The molecule has 72 valence electrons. The fourth-order valence-electron chi connectivity index (χ4n) is 0.881. The summed E-state index contributed by atoms with van der Waals surface area (Å²) in [6, 6.07) is 2.18. The molecule has 0 heterocycles. The van der Waals surface area contributed by atoms with Gasteiger partial charge in [-0.1, -0.05) is 0 Å². The molecule has 2 nitrogen and oxygen atoms in total. The Bertz CT molecular complexity index is 337. The fraction of sp³-hybridized carbons (Fsp3) is 0.143. The molecule has 0 radical (unpaired) electrons. The van der Waals surface area contributed by atoms with E-state index in [0.717, 1.165) is 6.07 Å². The van der Waals surface area contributed by atoms with Crippen LogP contribution in [0.1, 0.15) is 5.56 Å². The van der Waals surface area contributed by atoms with Gasteiger partial charge in [0.25, 0.3) is 0 Å². The molecule has 0 saturated heterocycles. The summed E-state index contributed by atoms with van der Waals surface area (Å²) in [5.74, 6) is -0.867. The molecule has 0 saturated carbocycles. The third kappa shape index (κ3) is 1.88. The number of benzene rings is 1. The molecular weight excluding hydrogens is 251 g/mol. The number of halogens is 4. The highest BCUT2D eigenvalue weighted by Gasteiger charge is 2.36. The SMILES string of the molecule is Nc1c(Br)ccc(O)c1C(F)(F)F. The lowest BCUT2D eigenvalue weighted by Crippen LogP contribution is -2.09. The van der Waals surface area contributed by atoms with E-state index < -0.39 is 23.2 Å². The van der Waals surface area contributed by atoms with Crippen LogP contribution in [0.25, 0.3) is 0 Å². The Kier molecular flexibility index (Phi) is 2.42. The summed E-state index contributed by atoms with van der Waals surface area (Å²) < 4.78 is 36.8. The second-order valence-corrected chi connectivity index (χ2v) is 3.21.